The molecule has 8 heteroatoms. The first kappa shape index (κ1) is 18.3. The summed E-state index contributed by atoms with van der Waals surface area (Å²) in [6.07, 6.45) is 1.36. The van der Waals surface area contributed by atoms with E-state index < -0.39 is 26.6 Å². The molecule has 0 spiro atoms. The van der Waals surface area contributed by atoms with Crippen molar-refractivity contribution < 1.29 is 17.2 Å². The second-order valence-corrected chi connectivity index (χ2v) is 6.91. The lowest BCUT2D eigenvalue weighted by molar-refractivity contribution is 0.297. The fourth-order valence-electron chi connectivity index (χ4n) is 2.35. The third-order valence-corrected chi connectivity index (χ3v) is 5.61. The van der Waals surface area contributed by atoms with Crippen molar-refractivity contribution in [2.75, 3.05) is 20.1 Å². The van der Waals surface area contributed by atoms with Gasteiger partial charge in [0.25, 0.3) is 0 Å². The average Bonchev–Trinajstić information content (AvgIpc) is 2.42. The van der Waals surface area contributed by atoms with Crippen molar-refractivity contribution in [3.8, 4) is 0 Å². The molecule has 2 rings (SSSR count). The summed E-state index contributed by atoms with van der Waals surface area (Å²) in [6.45, 7) is 2.09. The van der Waals surface area contributed by atoms with Crippen LogP contribution in [0.5, 0.6) is 0 Å². The minimum atomic E-state index is -3.90. The Labute approximate surface area is 130 Å². The number of hydrogen-bond donors (Lipinski definition) is 1. The van der Waals surface area contributed by atoms with Gasteiger partial charge in [-0.3, -0.25) is 0 Å². The number of nitrogens with zero attached hydrogens (tertiary/aromatic N) is 1. The molecule has 1 saturated heterocycles. The second kappa shape index (κ2) is 7.00. The van der Waals surface area contributed by atoms with E-state index in [9.17, 15) is 17.2 Å². The van der Waals surface area contributed by atoms with Crippen LogP contribution < -0.4 is 5.32 Å². The number of piperidine rings is 1. The van der Waals surface area contributed by atoms with Crippen molar-refractivity contribution in [3.05, 3.63) is 29.3 Å². The Morgan fingerprint density at radius 3 is 2.29 bits per heavy atom. The van der Waals surface area contributed by atoms with Gasteiger partial charge in [-0.15, -0.1) is 12.4 Å². The summed E-state index contributed by atoms with van der Waals surface area (Å²) in [5, 5.41) is 3.10. The van der Waals surface area contributed by atoms with Crippen LogP contribution in [0, 0.1) is 18.6 Å². The molecule has 21 heavy (non-hydrogen) atoms. The zero-order valence-electron chi connectivity index (χ0n) is 11.9. The van der Waals surface area contributed by atoms with Crippen LogP contribution in [0.4, 0.5) is 8.78 Å². The van der Waals surface area contributed by atoms with Crippen LogP contribution in [0.15, 0.2) is 17.0 Å². The van der Waals surface area contributed by atoms with E-state index in [0.29, 0.717) is 32.0 Å². The molecule has 1 aliphatic heterocycles. The zero-order valence-corrected chi connectivity index (χ0v) is 13.5. The minimum Gasteiger partial charge on any atom is -0.317 e. The molecular formula is C13H19ClF2N2O2S. The van der Waals surface area contributed by atoms with Crippen LogP contribution in [-0.4, -0.2) is 38.9 Å². The van der Waals surface area contributed by atoms with Crippen LogP contribution in [0.25, 0.3) is 0 Å². The van der Waals surface area contributed by atoms with Gasteiger partial charge in [0.2, 0.25) is 10.0 Å². The Morgan fingerprint density at radius 1 is 1.19 bits per heavy atom. The smallest absolute Gasteiger partial charge is 0.245 e. The van der Waals surface area contributed by atoms with Gasteiger partial charge in [0, 0.05) is 25.2 Å². The van der Waals surface area contributed by atoms with Crippen LogP contribution in [-0.2, 0) is 10.0 Å². The maximum absolute atomic E-state index is 13.8. The van der Waals surface area contributed by atoms with Gasteiger partial charge in [-0.05, 0) is 38.4 Å². The van der Waals surface area contributed by atoms with Gasteiger partial charge in [-0.2, -0.15) is 4.31 Å². The highest BCUT2D eigenvalue weighted by molar-refractivity contribution is 7.89. The van der Waals surface area contributed by atoms with E-state index in [1.54, 1.807) is 0 Å². The molecule has 1 heterocycles. The molecule has 0 aromatic heterocycles. The number of hydrogen-bond acceptors (Lipinski definition) is 3. The highest BCUT2D eigenvalue weighted by Gasteiger charge is 2.31. The van der Waals surface area contributed by atoms with E-state index in [-0.39, 0.29) is 24.0 Å². The van der Waals surface area contributed by atoms with Crippen molar-refractivity contribution in [2.45, 2.75) is 30.7 Å². The summed E-state index contributed by atoms with van der Waals surface area (Å²) in [5.41, 5.74) is 0.120. The van der Waals surface area contributed by atoms with Crippen LogP contribution in [0.1, 0.15) is 18.4 Å². The minimum absolute atomic E-state index is 0. The number of benzene rings is 1. The summed E-state index contributed by atoms with van der Waals surface area (Å²) in [7, 11) is -2.07. The molecule has 0 bridgehead atoms. The monoisotopic (exact) mass is 340 g/mol. The van der Waals surface area contributed by atoms with Gasteiger partial charge in [-0.25, -0.2) is 17.2 Å². The van der Waals surface area contributed by atoms with Crippen LogP contribution in [0.3, 0.4) is 0 Å². The Hall–Kier alpha value is -0.760. The Morgan fingerprint density at radius 2 is 1.76 bits per heavy atom. The molecule has 0 radical (unpaired) electrons. The molecule has 0 atom stereocenters. The lowest BCUT2D eigenvalue weighted by Gasteiger charge is -2.31. The summed E-state index contributed by atoms with van der Waals surface area (Å²) < 4.78 is 53.1. The Balaban J connectivity index is 0.00000220. The third kappa shape index (κ3) is 3.71. The molecule has 0 aliphatic carbocycles. The molecule has 1 aromatic carbocycles. The first-order valence-corrected chi connectivity index (χ1v) is 7.93. The first-order valence-electron chi connectivity index (χ1n) is 6.49. The van der Waals surface area contributed by atoms with Crippen molar-refractivity contribution in [1.82, 2.24) is 9.62 Å². The number of halogens is 3. The van der Waals surface area contributed by atoms with Crippen molar-refractivity contribution >= 4 is 22.4 Å². The van der Waals surface area contributed by atoms with E-state index in [1.807, 2.05) is 7.05 Å². The highest BCUT2D eigenvalue weighted by Crippen LogP contribution is 2.25. The van der Waals surface area contributed by atoms with Crippen molar-refractivity contribution in [3.63, 3.8) is 0 Å². The largest absolute Gasteiger partial charge is 0.317 e. The molecule has 1 aliphatic rings. The zero-order chi connectivity index (χ0) is 14.9. The molecule has 1 fully saturated rings. The van der Waals surface area contributed by atoms with Crippen LogP contribution in [0.2, 0.25) is 0 Å². The summed E-state index contributed by atoms with van der Waals surface area (Å²) >= 11 is 0. The summed E-state index contributed by atoms with van der Waals surface area (Å²) in [4.78, 5) is -0.445. The van der Waals surface area contributed by atoms with Gasteiger partial charge < -0.3 is 5.32 Å². The first-order chi connectivity index (χ1) is 9.36. The predicted molar refractivity (Wildman–Crippen MR) is 79.2 cm³/mol. The highest BCUT2D eigenvalue weighted by atomic mass is 35.5. The normalized spacial score (nSPS) is 17.5. The predicted octanol–water partition coefficient (Wildman–Crippen LogP) is 2.07. The standard InChI is InChI=1S/C13H18F2N2O2S.ClH/c1-9-7-13(12(15)8-11(9)14)20(18,19)17-5-3-10(16-2)4-6-17;/h7-8,10,16H,3-6H2,1-2H3;1H. The van der Waals surface area contributed by atoms with Gasteiger partial charge in [0.1, 0.15) is 16.5 Å². The van der Waals surface area contributed by atoms with Crippen LogP contribution >= 0.6 is 12.4 Å². The van der Waals surface area contributed by atoms with Gasteiger partial charge in [0.15, 0.2) is 0 Å². The van der Waals surface area contributed by atoms with E-state index in [1.165, 1.54) is 11.2 Å². The molecule has 4 nitrogen and oxygen atoms in total. The fourth-order valence-corrected chi connectivity index (χ4v) is 3.95. The lowest BCUT2D eigenvalue weighted by atomic mass is 10.1. The SMILES string of the molecule is CNC1CCN(S(=O)(=O)c2cc(C)c(F)cc2F)CC1.Cl. The molecule has 0 unspecified atom stereocenters. The Kier molecular flexibility index (Phi) is 6.10. The number of sulfonamides is 1. The number of nitrogens with one attached hydrogen (secondary N) is 1. The van der Waals surface area contributed by atoms with E-state index in [2.05, 4.69) is 5.32 Å². The molecule has 0 amide bonds. The Bertz CT molecular complexity index is 602. The molecule has 1 N–H and O–H groups in total. The average molecular weight is 341 g/mol. The van der Waals surface area contributed by atoms with Crippen molar-refractivity contribution in [2.24, 2.45) is 0 Å². The van der Waals surface area contributed by atoms with Gasteiger partial charge in [-0.1, -0.05) is 0 Å². The molecule has 120 valence electrons. The van der Waals surface area contributed by atoms with E-state index >= 15 is 0 Å². The van der Waals surface area contributed by atoms with Crippen molar-refractivity contribution in [1.29, 1.82) is 0 Å². The quantitative estimate of drug-likeness (QED) is 0.916. The van der Waals surface area contributed by atoms with Gasteiger partial charge >= 0.3 is 0 Å². The summed E-state index contributed by atoms with van der Waals surface area (Å²) in [6, 6.07) is 1.97. The van der Waals surface area contributed by atoms with E-state index in [4.69, 9.17) is 0 Å². The topological polar surface area (TPSA) is 49.4 Å². The lowest BCUT2D eigenvalue weighted by Crippen LogP contribution is -2.44. The second-order valence-electron chi connectivity index (χ2n) is 5.00. The van der Waals surface area contributed by atoms with E-state index in [0.717, 1.165) is 6.07 Å². The maximum atomic E-state index is 13.8. The molecular weight excluding hydrogens is 322 g/mol. The maximum Gasteiger partial charge on any atom is 0.245 e. The van der Waals surface area contributed by atoms with Gasteiger partial charge in [0.05, 0.1) is 0 Å². The fraction of sp³-hybridized carbons (Fsp3) is 0.538. The third-order valence-electron chi connectivity index (χ3n) is 3.69. The number of aryl methyl sites for hydroxylation is 1. The number of rotatable bonds is 3. The molecule has 0 saturated carbocycles. The molecule has 1 aromatic rings. The summed E-state index contributed by atoms with van der Waals surface area (Å²) in [5.74, 6) is -1.78.